The molecular weight excluding hydrogens is 799 g/mol. The average molecular weight is 898 g/mol. The standard InChI is InChI=1S/2C7H16S.C6H15N2S.C6H14OS.C6H14S.C6H10S.C5H13NS/c1-7-4-5-8(2,3)6-7;1-8(2)6-4-3-5-7-8;1-7-5-9(3,4)6-8(7)2;1-8(2)5-3-7-4-6-8;2*1-7(2)5-3-4-6-7;1-7(2)4-3-6-5-7/h7H,4-6H2,1-3H3;3-7H2,1-2H3;5H,6H2,1-4H3;3-6H2,1-2H3;3-6H2,1-2H3;3-6H,1-2H3;6H,3-5H2,1-2H3/q;;+1;;;;. The van der Waals surface area contributed by atoms with Gasteiger partial charge in [0.2, 0.25) is 5.55 Å². The van der Waals surface area contributed by atoms with Crippen LogP contribution < -0.4 is 5.32 Å². The molecule has 332 valence electrons. The van der Waals surface area contributed by atoms with E-state index in [1.165, 1.54) is 109 Å². The van der Waals surface area contributed by atoms with Gasteiger partial charge in [0.25, 0.3) is 0 Å². The van der Waals surface area contributed by atoms with Gasteiger partial charge in [-0.25, -0.2) is 60.2 Å². The second kappa shape index (κ2) is 24.5. The van der Waals surface area contributed by atoms with Crippen LogP contribution in [0.4, 0.5) is 0 Å². The van der Waals surface area contributed by atoms with Crippen molar-refractivity contribution < 1.29 is 9.42 Å². The first-order valence-corrected chi connectivity index (χ1v) is 39.6. The van der Waals surface area contributed by atoms with E-state index in [0.717, 1.165) is 19.1 Å². The van der Waals surface area contributed by atoms with Gasteiger partial charge in [-0.05, 0) is 177 Å². The molecule has 5 fully saturated rings. The van der Waals surface area contributed by atoms with Crippen LogP contribution in [0, 0.1) is 5.92 Å². The summed E-state index contributed by atoms with van der Waals surface area (Å²) < 4.78 is 7.40. The van der Waals surface area contributed by atoms with E-state index in [9.17, 15) is 0 Å². The minimum atomic E-state index is -0.418. The summed E-state index contributed by atoms with van der Waals surface area (Å²) in [6.07, 6.45) is 46.7. The maximum Gasteiger partial charge on any atom is 0.211 e. The highest BCUT2D eigenvalue weighted by molar-refractivity contribution is 8.43. The second-order valence-corrected chi connectivity index (χ2v) is 49.1. The molecule has 5 saturated heterocycles. The Kier molecular flexibility index (Phi) is 24.2. The molecule has 1 N–H and O–H groups in total. The van der Waals surface area contributed by atoms with Crippen molar-refractivity contribution in [3.8, 4) is 0 Å². The van der Waals surface area contributed by atoms with E-state index in [0.29, 0.717) is 0 Å². The molecule has 54 heavy (non-hydrogen) atoms. The summed E-state index contributed by atoms with van der Waals surface area (Å²) in [6.45, 7) is 5.63. The van der Waals surface area contributed by atoms with Gasteiger partial charge in [0.1, 0.15) is 5.88 Å². The van der Waals surface area contributed by atoms with Crippen molar-refractivity contribution in [1.29, 1.82) is 0 Å². The molecule has 0 radical (unpaired) electrons. The van der Waals surface area contributed by atoms with Gasteiger partial charge >= 0.3 is 0 Å². The largest absolute Gasteiger partial charge is 0.380 e. The molecule has 7 aliphatic heterocycles. The predicted octanol–water partition coefficient (Wildman–Crippen LogP) is 10.5. The number of nitrogens with one attached hydrogen (secondary N) is 1. The zero-order chi connectivity index (χ0) is 41.3. The Morgan fingerprint density at radius 1 is 0.593 bits per heavy atom. The van der Waals surface area contributed by atoms with Gasteiger partial charge in [-0.1, -0.05) is 25.5 Å². The Morgan fingerprint density at radius 3 is 1.20 bits per heavy atom. The van der Waals surface area contributed by atoms with E-state index in [1.54, 1.807) is 0 Å². The minimum absolute atomic E-state index is 0.0463. The summed E-state index contributed by atoms with van der Waals surface area (Å²) >= 11 is 0. The maximum absolute atomic E-state index is 5.23. The monoisotopic (exact) mass is 897 g/mol. The van der Waals surface area contributed by atoms with Crippen LogP contribution in [0.3, 0.4) is 0 Å². The molecule has 0 aromatic carbocycles. The first kappa shape index (κ1) is 53.3. The molecule has 1 atom stereocenters. The van der Waals surface area contributed by atoms with Gasteiger partial charge in [0.15, 0.2) is 7.05 Å². The van der Waals surface area contributed by atoms with Crippen molar-refractivity contribution in [2.45, 2.75) is 45.4 Å². The Morgan fingerprint density at radius 2 is 1.06 bits per heavy atom. The Hall–Kier alpha value is 1.32. The number of ether oxygens (including phenoxy) is 1. The van der Waals surface area contributed by atoms with Crippen LogP contribution in [0.2, 0.25) is 0 Å². The van der Waals surface area contributed by atoms with Crippen LogP contribution in [0.5, 0.6) is 0 Å². The van der Waals surface area contributed by atoms with E-state index in [2.05, 4.69) is 152 Å². The third-order valence-corrected chi connectivity index (χ3v) is 27.6. The van der Waals surface area contributed by atoms with Crippen LogP contribution in [0.1, 0.15) is 45.4 Å². The number of allylic oxidation sites excluding steroid dienone is 2. The van der Waals surface area contributed by atoms with Crippen LogP contribution in [-0.4, -0.2) is 200 Å². The van der Waals surface area contributed by atoms with Crippen molar-refractivity contribution in [3.05, 3.63) is 23.0 Å². The molecule has 0 saturated carbocycles. The lowest BCUT2D eigenvalue weighted by atomic mass is 10.2. The predicted molar refractivity (Wildman–Crippen MR) is 284 cm³/mol. The van der Waals surface area contributed by atoms with Crippen molar-refractivity contribution in [3.63, 3.8) is 0 Å². The number of nitrogens with zero attached hydrogens (tertiary/aromatic N) is 2. The fraction of sp³-hybridized carbons (Fsp3) is 0.884. The molecule has 0 aliphatic carbocycles. The lowest BCUT2D eigenvalue weighted by Gasteiger charge is -2.34. The van der Waals surface area contributed by atoms with Gasteiger partial charge < -0.3 is 10.1 Å². The summed E-state index contributed by atoms with van der Waals surface area (Å²) in [7, 11) is 2.81. The van der Waals surface area contributed by atoms with Gasteiger partial charge in [-0.2, -0.15) is 5.01 Å². The van der Waals surface area contributed by atoms with Gasteiger partial charge in [-0.3, -0.25) is 0 Å². The lowest BCUT2D eigenvalue weighted by molar-refractivity contribution is -0.648. The molecule has 7 aliphatic rings. The van der Waals surface area contributed by atoms with E-state index < -0.39 is 20.1 Å². The molecular formula is C43H98N3OS7+. The maximum atomic E-state index is 5.23. The van der Waals surface area contributed by atoms with Crippen molar-refractivity contribution in [2.24, 2.45) is 5.92 Å². The average Bonchev–Trinajstić information content (AvgIpc) is 3.85. The summed E-state index contributed by atoms with van der Waals surface area (Å²) in [5.74, 6) is 16.8. The van der Waals surface area contributed by atoms with Gasteiger partial charge in [0, 0.05) is 23.9 Å². The van der Waals surface area contributed by atoms with E-state index >= 15 is 0 Å². The van der Waals surface area contributed by atoms with E-state index in [1.807, 2.05) is 0 Å². The van der Waals surface area contributed by atoms with Gasteiger partial charge in [0.05, 0.1) is 20.3 Å². The molecule has 0 aromatic rings. The molecule has 0 spiro atoms. The van der Waals surface area contributed by atoms with Crippen molar-refractivity contribution in [2.75, 3.05) is 185 Å². The summed E-state index contributed by atoms with van der Waals surface area (Å²) in [6, 6.07) is 0. The summed E-state index contributed by atoms with van der Waals surface area (Å²) in [5.41, 5.74) is 2.33. The summed E-state index contributed by atoms with van der Waals surface area (Å²) in [5, 5.41) is 10.1. The van der Waals surface area contributed by atoms with Crippen molar-refractivity contribution >= 4 is 75.7 Å². The van der Waals surface area contributed by atoms with E-state index in [4.69, 9.17) is 4.74 Å². The fourth-order valence-corrected chi connectivity index (χ4v) is 20.4. The second-order valence-electron chi connectivity index (χ2n) is 20.3. The third-order valence-electron chi connectivity index (χ3n) is 10.8. The Balaban J connectivity index is 0.000000316. The summed E-state index contributed by atoms with van der Waals surface area (Å²) in [4.78, 5) is 0. The SMILES string of the molecule is CC1CCS(C)(C)C1.CN1CS(C)(C)C=[N+]1C.CS1(C)C=CC=C1.CS1(C)CCCC1.CS1(C)CCCCC1.CS1(C)CCNC1.CS1(C)CCOCC1. The minimum Gasteiger partial charge on any atom is -0.380 e. The first-order chi connectivity index (χ1) is 24.6. The fourth-order valence-electron chi connectivity index (χ4n) is 6.99. The number of hydrogen-bond acceptors (Lipinski definition) is 3. The molecule has 7 heterocycles. The highest BCUT2D eigenvalue weighted by Crippen LogP contribution is 2.49. The van der Waals surface area contributed by atoms with Crippen molar-refractivity contribution in [1.82, 2.24) is 10.3 Å². The topological polar surface area (TPSA) is 27.5 Å². The zero-order valence-corrected chi connectivity index (χ0v) is 45.0. The molecule has 1 unspecified atom stereocenters. The zero-order valence-electron chi connectivity index (χ0n) is 39.3. The molecule has 0 bridgehead atoms. The molecule has 0 amide bonds. The van der Waals surface area contributed by atoms with Crippen LogP contribution in [-0.2, 0) is 4.74 Å². The van der Waals surface area contributed by atoms with Gasteiger partial charge in [-0.15, -0.1) is 14.7 Å². The molecule has 0 aromatic heterocycles. The normalized spacial score (nSPS) is 32.1. The molecule has 4 nitrogen and oxygen atoms in total. The van der Waals surface area contributed by atoms with Crippen LogP contribution >= 0.6 is 70.2 Å². The van der Waals surface area contributed by atoms with Crippen LogP contribution in [0.25, 0.3) is 0 Å². The molecule has 11 heteroatoms. The highest BCUT2D eigenvalue weighted by atomic mass is 32.3. The third kappa shape index (κ3) is 27.2. The quantitative estimate of drug-likeness (QED) is 0.246. The highest BCUT2D eigenvalue weighted by Gasteiger charge is 2.27. The number of hydrazine groups is 1. The number of hydrogen-bond donors (Lipinski definition) is 1. The van der Waals surface area contributed by atoms with Crippen LogP contribution in [0.15, 0.2) is 23.0 Å². The molecule has 7 rings (SSSR count). The first-order valence-electron chi connectivity index (χ1n) is 20.4. The Labute approximate surface area is 352 Å². The number of hydrazone groups is 1. The Bertz CT molecular complexity index is 1050. The smallest absolute Gasteiger partial charge is 0.211 e. The van der Waals surface area contributed by atoms with E-state index in [-0.39, 0.29) is 50.1 Å². The number of rotatable bonds is 0. The lowest BCUT2D eigenvalue weighted by Crippen LogP contribution is -2.23.